The molecule has 0 aliphatic heterocycles. The van der Waals surface area contributed by atoms with Crippen LogP contribution in [-0.2, 0) is 13.0 Å². The van der Waals surface area contributed by atoms with Crippen LogP contribution in [0.4, 0.5) is 10.5 Å². The number of carboxylic acid groups (broad SMARTS) is 1. The number of nitro benzene ring substituents is 1. The molecule has 2 N–H and O–H groups in total. The lowest BCUT2D eigenvalue weighted by molar-refractivity contribution is -0.386. The Morgan fingerprint density at radius 3 is 2.80 bits per heavy atom. The van der Waals surface area contributed by atoms with E-state index in [1.807, 2.05) is 30.5 Å². The monoisotopic (exact) mass is 408 g/mol. The lowest BCUT2D eigenvalue weighted by atomic mass is 10.0. The van der Waals surface area contributed by atoms with Gasteiger partial charge in [0.25, 0.3) is 5.69 Å². The predicted molar refractivity (Wildman–Crippen MR) is 107 cm³/mol. The van der Waals surface area contributed by atoms with E-state index >= 15 is 0 Å². The number of aromatic amines is 1. The standard InChI is InChI=1S/C20H20N6O4/c1-13(17-10-14(11-23-24-21)6-7-19(17)26(29)30)25(20(27)28)9-8-15-12-22-18-5-3-2-4-16(15)18/h2-7,10,12-13,21-22H,8-9,11H2,1H3. The number of carbonyl (C=O) groups excluding carboxylic acids is 1. The summed E-state index contributed by atoms with van der Waals surface area (Å²) in [5.74, 6) is 0. The number of nitrogens with zero attached hydrogens (tertiary/aromatic N) is 4. The fourth-order valence-corrected chi connectivity index (χ4v) is 3.51. The largest absolute Gasteiger partial charge is 0.530 e. The first-order valence-corrected chi connectivity index (χ1v) is 9.25. The van der Waals surface area contributed by atoms with Crippen LogP contribution in [0.5, 0.6) is 0 Å². The first-order chi connectivity index (χ1) is 14.4. The van der Waals surface area contributed by atoms with E-state index in [1.54, 1.807) is 6.92 Å². The van der Waals surface area contributed by atoms with Crippen LogP contribution in [0, 0.1) is 15.6 Å². The molecule has 0 bridgehead atoms. The summed E-state index contributed by atoms with van der Waals surface area (Å²) in [5, 5.41) is 27.9. The van der Waals surface area contributed by atoms with Crippen molar-refractivity contribution in [1.29, 1.82) is 5.53 Å². The Balaban J connectivity index is 1.89. The second-order valence-electron chi connectivity index (χ2n) is 6.79. The van der Waals surface area contributed by atoms with Crippen molar-refractivity contribution in [3.05, 3.63) is 75.5 Å². The molecule has 2 aromatic carbocycles. The highest BCUT2D eigenvalue weighted by molar-refractivity contribution is 5.83. The molecule has 0 radical (unpaired) electrons. The Morgan fingerprint density at radius 1 is 1.33 bits per heavy atom. The zero-order chi connectivity index (χ0) is 21.7. The number of H-pyrrole nitrogens is 1. The van der Waals surface area contributed by atoms with Crippen molar-refractivity contribution in [3.8, 4) is 0 Å². The van der Waals surface area contributed by atoms with Crippen molar-refractivity contribution in [2.75, 3.05) is 6.54 Å². The van der Waals surface area contributed by atoms with Gasteiger partial charge in [0, 0.05) is 29.7 Å². The molecule has 1 heterocycles. The first-order valence-electron chi connectivity index (χ1n) is 9.25. The summed E-state index contributed by atoms with van der Waals surface area (Å²) < 4.78 is 0. The number of rotatable bonds is 8. The van der Waals surface area contributed by atoms with E-state index in [2.05, 4.69) is 15.0 Å². The van der Waals surface area contributed by atoms with E-state index in [9.17, 15) is 20.0 Å². The molecule has 1 aromatic heterocycles. The number of benzene rings is 2. The topological polar surface area (TPSA) is 153 Å². The van der Waals surface area contributed by atoms with Crippen molar-refractivity contribution >= 4 is 22.7 Å². The third-order valence-electron chi connectivity index (χ3n) is 5.06. The summed E-state index contributed by atoms with van der Waals surface area (Å²) in [4.78, 5) is 30.0. The molecule has 0 aliphatic rings. The molecule has 0 spiro atoms. The number of hydrogen-bond donors (Lipinski definition) is 2. The molecule has 0 fully saturated rings. The van der Waals surface area contributed by atoms with E-state index < -0.39 is 17.1 Å². The average molecular weight is 408 g/mol. The van der Waals surface area contributed by atoms with Gasteiger partial charge in [-0.25, -0.2) is 0 Å². The molecule has 1 amide bonds. The SMILES string of the molecule is CC(c1cc(CN=[N+]=N)ccc1[N+](=O)[O-])N(CCc1c[nH]c2ccccc12)C(=O)[O-]. The van der Waals surface area contributed by atoms with E-state index in [4.69, 9.17) is 5.53 Å². The van der Waals surface area contributed by atoms with Gasteiger partial charge >= 0.3 is 0 Å². The highest BCUT2D eigenvalue weighted by atomic mass is 16.6. The summed E-state index contributed by atoms with van der Waals surface area (Å²) in [5.41, 5.74) is 9.30. The second kappa shape index (κ2) is 8.97. The van der Waals surface area contributed by atoms with Crippen molar-refractivity contribution in [2.24, 2.45) is 5.11 Å². The molecule has 1 unspecified atom stereocenters. The lowest BCUT2D eigenvalue weighted by Crippen LogP contribution is -2.43. The number of fused-ring (bicyclic) bond motifs is 1. The zero-order valence-electron chi connectivity index (χ0n) is 16.2. The van der Waals surface area contributed by atoms with Gasteiger partial charge in [0.2, 0.25) is 4.91 Å². The highest BCUT2D eigenvalue weighted by Gasteiger charge is 2.25. The molecular formula is C20H20N6O4. The molecule has 0 saturated carbocycles. The third-order valence-corrected chi connectivity index (χ3v) is 5.06. The molecule has 3 rings (SSSR count). The summed E-state index contributed by atoms with van der Waals surface area (Å²) in [6.07, 6.45) is 0.841. The smallest absolute Gasteiger partial charge is 0.274 e. The minimum Gasteiger partial charge on any atom is -0.530 e. The maximum atomic E-state index is 11.9. The van der Waals surface area contributed by atoms with E-state index in [-0.39, 0.29) is 24.3 Å². The van der Waals surface area contributed by atoms with Crippen LogP contribution in [-0.4, -0.2) is 27.4 Å². The molecule has 30 heavy (non-hydrogen) atoms. The molecule has 0 aliphatic carbocycles. The fourth-order valence-electron chi connectivity index (χ4n) is 3.51. The number of para-hydroxylation sites is 1. The van der Waals surface area contributed by atoms with Crippen LogP contribution in [0.1, 0.15) is 29.7 Å². The molecule has 154 valence electrons. The van der Waals surface area contributed by atoms with Crippen LogP contribution in [0.25, 0.3) is 10.9 Å². The summed E-state index contributed by atoms with van der Waals surface area (Å²) >= 11 is 0. The molecule has 10 nitrogen and oxygen atoms in total. The lowest BCUT2D eigenvalue weighted by Gasteiger charge is -2.31. The van der Waals surface area contributed by atoms with Crippen LogP contribution >= 0.6 is 0 Å². The maximum absolute atomic E-state index is 11.9. The van der Waals surface area contributed by atoms with Crippen LogP contribution < -0.4 is 10.0 Å². The van der Waals surface area contributed by atoms with Crippen LogP contribution in [0.15, 0.2) is 53.8 Å². The first kappa shape index (κ1) is 20.7. The van der Waals surface area contributed by atoms with Crippen molar-refractivity contribution in [1.82, 2.24) is 14.8 Å². The van der Waals surface area contributed by atoms with Gasteiger partial charge in [-0.15, -0.1) is 0 Å². The molecule has 0 saturated heterocycles. The Kier molecular flexibility index (Phi) is 6.19. The quantitative estimate of drug-likeness (QED) is 0.254. The average Bonchev–Trinajstić information content (AvgIpc) is 3.15. The van der Waals surface area contributed by atoms with E-state index in [0.717, 1.165) is 21.4 Å². The summed E-state index contributed by atoms with van der Waals surface area (Å²) in [6, 6.07) is 11.2. The molecular weight excluding hydrogens is 388 g/mol. The van der Waals surface area contributed by atoms with Gasteiger partial charge in [-0.3, -0.25) is 10.1 Å². The summed E-state index contributed by atoms with van der Waals surface area (Å²) in [7, 11) is 0. The van der Waals surface area contributed by atoms with Gasteiger partial charge < -0.3 is 19.8 Å². The Hall–Kier alpha value is -4.04. The maximum Gasteiger partial charge on any atom is 0.274 e. The van der Waals surface area contributed by atoms with Gasteiger partial charge in [0.1, 0.15) is 23.3 Å². The number of aromatic nitrogens is 1. The number of nitro groups is 1. The normalized spacial score (nSPS) is 11.6. The van der Waals surface area contributed by atoms with E-state index in [0.29, 0.717) is 12.0 Å². The Bertz CT molecular complexity index is 1140. The highest BCUT2D eigenvalue weighted by Crippen LogP contribution is 2.31. The Morgan fingerprint density at radius 2 is 2.10 bits per heavy atom. The van der Waals surface area contributed by atoms with Gasteiger partial charge in [-0.05, 0) is 36.6 Å². The Labute approximate surface area is 171 Å². The fraction of sp³-hybridized carbons (Fsp3) is 0.250. The number of hydrogen-bond acceptors (Lipinski definition) is 6. The second-order valence-corrected chi connectivity index (χ2v) is 6.79. The minimum atomic E-state index is -1.41. The molecule has 1 atom stereocenters. The zero-order valence-corrected chi connectivity index (χ0v) is 16.2. The molecule has 10 heteroatoms. The number of carbonyl (C=O) groups is 1. The van der Waals surface area contributed by atoms with Crippen LogP contribution in [0.3, 0.4) is 0 Å². The van der Waals surface area contributed by atoms with Crippen LogP contribution in [0.2, 0.25) is 0 Å². The van der Waals surface area contributed by atoms with Crippen molar-refractivity contribution < 1.29 is 14.8 Å². The third kappa shape index (κ3) is 4.34. The van der Waals surface area contributed by atoms with Gasteiger partial charge in [-0.1, -0.05) is 24.3 Å². The summed E-state index contributed by atoms with van der Waals surface area (Å²) in [6.45, 7) is 1.77. The van der Waals surface area contributed by atoms with Crippen molar-refractivity contribution in [3.63, 3.8) is 0 Å². The number of nitrogens with one attached hydrogen (secondary N) is 2. The predicted octanol–water partition coefficient (Wildman–Crippen LogP) is 3.08. The van der Waals surface area contributed by atoms with E-state index in [1.165, 1.54) is 18.2 Å². The van der Waals surface area contributed by atoms with Crippen molar-refractivity contribution in [2.45, 2.75) is 25.9 Å². The van der Waals surface area contributed by atoms with Gasteiger partial charge in [0.15, 0.2) is 0 Å². The van der Waals surface area contributed by atoms with Gasteiger partial charge in [0.05, 0.1) is 16.5 Å². The molecule has 3 aromatic rings. The number of amides is 1. The minimum absolute atomic E-state index is 0.0713. The van der Waals surface area contributed by atoms with Gasteiger partial charge in [-0.2, -0.15) is 0 Å².